The van der Waals surface area contributed by atoms with Crippen molar-refractivity contribution in [3.05, 3.63) is 23.3 Å². The lowest BCUT2D eigenvalue weighted by Gasteiger charge is -2.16. The third-order valence-electron chi connectivity index (χ3n) is 3.38. The van der Waals surface area contributed by atoms with Gasteiger partial charge < -0.3 is 14.6 Å². The zero-order valence-electron chi connectivity index (χ0n) is 10.7. The zero-order valence-corrected chi connectivity index (χ0v) is 10.7. The Kier molecular flexibility index (Phi) is 3.57. The van der Waals surface area contributed by atoms with Crippen LogP contribution in [0.25, 0.3) is 0 Å². The van der Waals surface area contributed by atoms with Gasteiger partial charge in [0.25, 0.3) is 0 Å². The third-order valence-corrected chi connectivity index (χ3v) is 3.38. The Morgan fingerprint density at radius 2 is 1.82 bits per heavy atom. The van der Waals surface area contributed by atoms with Crippen LogP contribution in [0.2, 0.25) is 0 Å². The molecule has 1 aliphatic rings. The summed E-state index contributed by atoms with van der Waals surface area (Å²) in [5, 5.41) is 10.2. The van der Waals surface area contributed by atoms with Gasteiger partial charge in [0.2, 0.25) is 0 Å². The molecule has 94 valence electrons. The number of ether oxygens (including phenoxy) is 2. The van der Waals surface area contributed by atoms with Crippen LogP contribution < -0.4 is 9.47 Å². The molecule has 0 amide bonds. The first kappa shape index (κ1) is 12.2. The van der Waals surface area contributed by atoms with E-state index >= 15 is 0 Å². The number of hydrogen-bond acceptors (Lipinski definition) is 3. The molecule has 0 bridgehead atoms. The average molecular weight is 236 g/mol. The first-order chi connectivity index (χ1) is 8.15. The standard InChI is InChI=1S/C14H20O3/c1-9-6-13(16-2)14(17-3)8-11(9)12(15)7-10-4-5-10/h6,8,10,12,15H,4-5,7H2,1-3H3. The SMILES string of the molecule is COc1cc(C)c(C(O)CC2CC2)cc1OC. The number of methoxy groups -OCH3 is 2. The van der Waals surface area contributed by atoms with E-state index in [2.05, 4.69) is 0 Å². The van der Waals surface area contributed by atoms with Gasteiger partial charge in [-0.15, -0.1) is 0 Å². The van der Waals surface area contributed by atoms with Crippen molar-refractivity contribution in [2.24, 2.45) is 5.92 Å². The Bertz CT molecular complexity index is 397. The first-order valence-corrected chi connectivity index (χ1v) is 6.06. The van der Waals surface area contributed by atoms with Crippen LogP contribution >= 0.6 is 0 Å². The second kappa shape index (κ2) is 4.96. The van der Waals surface area contributed by atoms with Gasteiger partial charge in [-0.25, -0.2) is 0 Å². The smallest absolute Gasteiger partial charge is 0.161 e. The van der Waals surface area contributed by atoms with E-state index < -0.39 is 0 Å². The highest BCUT2D eigenvalue weighted by Crippen LogP contribution is 2.40. The van der Waals surface area contributed by atoms with E-state index in [-0.39, 0.29) is 6.10 Å². The van der Waals surface area contributed by atoms with Crippen LogP contribution in [0.5, 0.6) is 11.5 Å². The number of aliphatic hydroxyl groups is 1. The summed E-state index contributed by atoms with van der Waals surface area (Å²) in [7, 11) is 3.24. The van der Waals surface area contributed by atoms with Gasteiger partial charge in [0, 0.05) is 0 Å². The predicted molar refractivity (Wildman–Crippen MR) is 66.6 cm³/mol. The highest BCUT2D eigenvalue weighted by molar-refractivity contribution is 5.47. The van der Waals surface area contributed by atoms with Crippen LogP contribution in [0.15, 0.2) is 12.1 Å². The number of aliphatic hydroxyl groups excluding tert-OH is 1. The summed E-state index contributed by atoms with van der Waals surface area (Å²) in [6.45, 7) is 1.99. The lowest BCUT2D eigenvalue weighted by molar-refractivity contribution is 0.159. The van der Waals surface area contributed by atoms with Crippen LogP contribution in [-0.2, 0) is 0 Å². The molecule has 1 aromatic rings. The molecule has 1 unspecified atom stereocenters. The van der Waals surface area contributed by atoms with Crippen molar-refractivity contribution >= 4 is 0 Å². The van der Waals surface area contributed by atoms with Crippen molar-refractivity contribution in [1.82, 2.24) is 0 Å². The molecule has 1 atom stereocenters. The van der Waals surface area contributed by atoms with Gasteiger partial charge in [-0.05, 0) is 42.5 Å². The van der Waals surface area contributed by atoms with Gasteiger partial charge in [-0.1, -0.05) is 12.8 Å². The van der Waals surface area contributed by atoms with Gasteiger partial charge in [-0.3, -0.25) is 0 Å². The molecule has 3 heteroatoms. The number of rotatable bonds is 5. The van der Waals surface area contributed by atoms with Crippen molar-refractivity contribution in [2.45, 2.75) is 32.3 Å². The summed E-state index contributed by atoms with van der Waals surface area (Å²) in [4.78, 5) is 0. The molecule has 1 N–H and O–H groups in total. The lowest BCUT2D eigenvalue weighted by Crippen LogP contribution is -2.03. The first-order valence-electron chi connectivity index (χ1n) is 6.06. The molecule has 1 fully saturated rings. The van der Waals surface area contributed by atoms with E-state index in [1.807, 2.05) is 19.1 Å². The van der Waals surface area contributed by atoms with Gasteiger partial charge in [0.05, 0.1) is 20.3 Å². The fraction of sp³-hybridized carbons (Fsp3) is 0.571. The quantitative estimate of drug-likeness (QED) is 0.854. The van der Waals surface area contributed by atoms with Gasteiger partial charge >= 0.3 is 0 Å². The van der Waals surface area contributed by atoms with E-state index in [0.29, 0.717) is 17.4 Å². The molecule has 1 aromatic carbocycles. The molecule has 0 aliphatic heterocycles. The summed E-state index contributed by atoms with van der Waals surface area (Å²) in [6, 6.07) is 3.81. The number of aryl methyl sites for hydroxylation is 1. The third kappa shape index (κ3) is 2.72. The second-order valence-electron chi connectivity index (χ2n) is 4.76. The monoisotopic (exact) mass is 236 g/mol. The van der Waals surface area contributed by atoms with Gasteiger partial charge in [0.15, 0.2) is 11.5 Å². The fourth-order valence-corrected chi connectivity index (χ4v) is 2.15. The summed E-state index contributed by atoms with van der Waals surface area (Å²) in [5.74, 6) is 2.10. The molecule has 0 radical (unpaired) electrons. The van der Waals surface area contributed by atoms with Crippen LogP contribution in [0.1, 0.15) is 36.5 Å². The maximum Gasteiger partial charge on any atom is 0.161 e. The van der Waals surface area contributed by atoms with Crippen LogP contribution in [0.3, 0.4) is 0 Å². The maximum absolute atomic E-state index is 10.2. The number of hydrogen-bond donors (Lipinski definition) is 1. The summed E-state index contributed by atoms with van der Waals surface area (Å²) >= 11 is 0. The highest BCUT2D eigenvalue weighted by Gasteiger charge is 2.26. The van der Waals surface area contributed by atoms with Gasteiger partial charge in [0.1, 0.15) is 0 Å². The van der Waals surface area contributed by atoms with Crippen molar-refractivity contribution < 1.29 is 14.6 Å². The normalized spacial score (nSPS) is 16.7. The Balaban J connectivity index is 2.25. The van der Waals surface area contributed by atoms with E-state index in [4.69, 9.17) is 9.47 Å². The molecular weight excluding hydrogens is 216 g/mol. The average Bonchev–Trinajstić information content (AvgIpc) is 3.12. The highest BCUT2D eigenvalue weighted by atomic mass is 16.5. The van der Waals surface area contributed by atoms with Crippen LogP contribution in [0.4, 0.5) is 0 Å². The minimum Gasteiger partial charge on any atom is -0.493 e. The predicted octanol–water partition coefficient (Wildman–Crippen LogP) is 2.85. The summed E-state index contributed by atoms with van der Waals surface area (Å²) in [5.41, 5.74) is 2.00. The largest absolute Gasteiger partial charge is 0.493 e. The Morgan fingerprint density at radius 3 is 2.35 bits per heavy atom. The lowest BCUT2D eigenvalue weighted by atomic mass is 9.98. The van der Waals surface area contributed by atoms with Crippen molar-refractivity contribution in [3.8, 4) is 11.5 Å². The Labute approximate surface area is 102 Å². The topological polar surface area (TPSA) is 38.7 Å². The second-order valence-corrected chi connectivity index (χ2v) is 4.76. The van der Waals surface area contributed by atoms with Crippen LogP contribution in [0, 0.1) is 12.8 Å². The van der Waals surface area contributed by atoms with Crippen molar-refractivity contribution in [3.63, 3.8) is 0 Å². The molecule has 0 aromatic heterocycles. The molecule has 0 spiro atoms. The summed E-state index contributed by atoms with van der Waals surface area (Å²) in [6.07, 6.45) is 2.98. The van der Waals surface area contributed by atoms with E-state index in [0.717, 1.165) is 17.5 Å². The molecule has 3 nitrogen and oxygen atoms in total. The van der Waals surface area contributed by atoms with Gasteiger partial charge in [-0.2, -0.15) is 0 Å². The molecule has 1 aliphatic carbocycles. The van der Waals surface area contributed by atoms with E-state index in [1.54, 1.807) is 14.2 Å². The molecule has 17 heavy (non-hydrogen) atoms. The van der Waals surface area contributed by atoms with Crippen molar-refractivity contribution in [1.29, 1.82) is 0 Å². The minimum absolute atomic E-state index is 0.387. The minimum atomic E-state index is -0.387. The molecular formula is C14H20O3. The zero-order chi connectivity index (χ0) is 12.4. The fourth-order valence-electron chi connectivity index (χ4n) is 2.15. The molecule has 1 saturated carbocycles. The van der Waals surface area contributed by atoms with Crippen molar-refractivity contribution in [2.75, 3.05) is 14.2 Å². The van der Waals surface area contributed by atoms with E-state index in [9.17, 15) is 5.11 Å². The summed E-state index contributed by atoms with van der Waals surface area (Å²) < 4.78 is 10.5. The molecule has 2 rings (SSSR count). The number of benzene rings is 1. The maximum atomic E-state index is 10.2. The van der Waals surface area contributed by atoms with E-state index in [1.165, 1.54) is 12.8 Å². The molecule has 0 saturated heterocycles. The molecule has 0 heterocycles. The Hall–Kier alpha value is -1.22. The Morgan fingerprint density at radius 1 is 1.24 bits per heavy atom. The van der Waals surface area contributed by atoms with Crippen LogP contribution in [-0.4, -0.2) is 19.3 Å².